The number of aryl methyl sites for hydroxylation is 1. The Morgan fingerprint density at radius 3 is 2.93 bits per heavy atom. The molecule has 0 radical (unpaired) electrons. The van der Waals surface area contributed by atoms with Crippen LogP contribution < -0.4 is 5.32 Å². The van der Waals surface area contributed by atoms with Gasteiger partial charge in [-0.3, -0.25) is 14.7 Å². The summed E-state index contributed by atoms with van der Waals surface area (Å²) in [5.74, 6) is 0.598. The average molecular weight is 402 g/mol. The molecular weight excluding hydrogens is 374 g/mol. The number of fused-ring (bicyclic) bond motifs is 1. The Balaban J connectivity index is 1.35. The van der Waals surface area contributed by atoms with E-state index in [4.69, 9.17) is 0 Å². The number of carbonyl (C=O) groups excluding carboxylic acids is 2. The predicted octanol–water partition coefficient (Wildman–Crippen LogP) is 2.82. The second-order valence-electron chi connectivity index (χ2n) is 7.72. The van der Waals surface area contributed by atoms with Gasteiger partial charge in [-0.05, 0) is 31.6 Å². The number of thiazole rings is 1. The molecular formula is C20H27N5O2S. The van der Waals surface area contributed by atoms with Crippen molar-refractivity contribution < 1.29 is 9.59 Å². The van der Waals surface area contributed by atoms with Gasteiger partial charge in [0.05, 0.1) is 24.5 Å². The third-order valence-corrected chi connectivity index (χ3v) is 6.70. The number of amides is 2. The van der Waals surface area contributed by atoms with Gasteiger partial charge < -0.3 is 10.2 Å². The molecule has 0 unspecified atom stereocenters. The summed E-state index contributed by atoms with van der Waals surface area (Å²) in [5, 5.41) is 13.1. The van der Waals surface area contributed by atoms with Gasteiger partial charge in [0.25, 0.3) is 5.91 Å². The van der Waals surface area contributed by atoms with E-state index >= 15 is 0 Å². The van der Waals surface area contributed by atoms with Crippen LogP contribution in [0.2, 0.25) is 0 Å². The van der Waals surface area contributed by atoms with Crippen LogP contribution in [0, 0.1) is 5.92 Å². The second kappa shape index (κ2) is 8.43. The normalized spacial score (nSPS) is 17.0. The molecule has 1 aliphatic heterocycles. The molecule has 1 saturated carbocycles. The second-order valence-corrected chi connectivity index (χ2v) is 8.66. The van der Waals surface area contributed by atoms with Crippen molar-refractivity contribution in [3.8, 4) is 0 Å². The molecule has 0 atom stereocenters. The summed E-state index contributed by atoms with van der Waals surface area (Å²) in [6.45, 7) is 3.66. The van der Waals surface area contributed by atoms with Crippen LogP contribution >= 0.6 is 11.3 Å². The van der Waals surface area contributed by atoms with Gasteiger partial charge in [0, 0.05) is 23.9 Å². The van der Waals surface area contributed by atoms with Crippen LogP contribution in [0.3, 0.4) is 0 Å². The zero-order chi connectivity index (χ0) is 19.5. The third kappa shape index (κ3) is 4.11. The number of carbonyl (C=O) groups is 2. The van der Waals surface area contributed by atoms with Gasteiger partial charge in [-0.2, -0.15) is 5.10 Å². The minimum atomic E-state index is -0.184. The van der Waals surface area contributed by atoms with E-state index in [0.717, 1.165) is 28.4 Å². The highest BCUT2D eigenvalue weighted by atomic mass is 32.1. The van der Waals surface area contributed by atoms with Crippen LogP contribution in [-0.2, 0) is 30.7 Å². The Morgan fingerprint density at radius 1 is 1.36 bits per heavy atom. The van der Waals surface area contributed by atoms with Crippen molar-refractivity contribution in [2.45, 2.75) is 65.0 Å². The average Bonchev–Trinajstić information content (AvgIpc) is 3.45. The Morgan fingerprint density at radius 2 is 2.18 bits per heavy atom. The molecule has 0 bridgehead atoms. The number of nitrogens with zero attached hydrogens (tertiary/aromatic N) is 3. The fraction of sp³-hybridized carbons (Fsp3) is 0.600. The van der Waals surface area contributed by atoms with E-state index < -0.39 is 0 Å². The van der Waals surface area contributed by atoms with E-state index in [1.54, 1.807) is 11.3 Å². The van der Waals surface area contributed by atoms with E-state index in [1.165, 1.54) is 25.7 Å². The minimum absolute atomic E-state index is 0.184. The molecule has 2 N–H and O–H groups in total. The third-order valence-electron chi connectivity index (χ3n) is 5.80. The van der Waals surface area contributed by atoms with Gasteiger partial charge in [-0.15, -0.1) is 11.3 Å². The van der Waals surface area contributed by atoms with E-state index in [9.17, 15) is 9.59 Å². The van der Waals surface area contributed by atoms with Gasteiger partial charge in [-0.25, -0.2) is 4.98 Å². The maximum absolute atomic E-state index is 12.6. The van der Waals surface area contributed by atoms with Crippen LogP contribution in [-0.4, -0.2) is 38.4 Å². The van der Waals surface area contributed by atoms with Crippen molar-refractivity contribution in [2.75, 3.05) is 6.54 Å². The SMILES string of the molecule is CCc1csc(CNC(=O)c2n[nH]c3c2CCN(C(=O)CC2CCCC2)C3)n1. The number of aromatic nitrogens is 3. The topological polar surface area (TPSA) is 91.0 Å². The first-order valence-electron chi connectivity index (χ1n) is 10.2. The summed E-state index contributed by atoms with van der Waals surface area (Å²) in [7, 11) is 0. The van der Waals surface area contributed by atoms with Gasteiger partial charge in [0.15, 0.2) is 5.69 Å². The highest BCUT2D eigenvalue weighted by molar-refractivity contribution is 7.09. The van der Waals surface area contributed by atoms with Crippen LogP contribution in [0.4, 0.5) is 0 Å². The Kier molecular flexibility index (Phi) is 5.75. The van der Waals surface area contributed by atoms with Gasteiger partial charge in [0.2, 0.25) is 5.91 Å². The van der Waals surface area contributed by atoms with Crippen LogP contribution in [0.15, 0.2) is 5.38 Å². The molecule has 4 rings (SSSR count). The number of rotatable bonds is 6. The summed E-state index contributed by atoms with van der Waals surface area (Å²) in [4.78, 5) is 31.6. The Labute approximate surface area is 168 Å². The fourth-order valence-corrected chi connectivity index (χ4v) is 4.96. The van der Waals surface area contributed by atoms with Crippen molar-refractivity contribution in [1.29, 1.82) is 0 Å². The van der Waals surface area contributed by atoms with Crippen LogP contribution in [0.5, 0.6) is 0 Å². The zero-order valence-corrected chi connectivity index (χ0v) is 17.1. The van der Waals surface area contributed by atoms with Gasteiger partial charge in [0.1, 0.15) is 5.01 Å². The van der Waals surface area contributed by atoms with E-state index in [-0.39, 0.29) is 11.8 Å². The van der Waals surface area contributed by atoms with Crippen molar-refractivity contribution in [3.05, 3.63) is 33.0 Å². The molecule has 0 aromatic carbocycles. The summed E-state index contributed by atoms with van der Waals surface area (Å²) in [5.41, 5.74) is 3.33. The smallest absolute Gasteiger partial charge is 0.272 e. The first kappa shape index (κ1) is 19.1. The highest BCUT2D eigenvalue weighted by Gasteiger charge is 2.29. The quantitative estimate of drug-likeness (QED) is 0.779. The van der Waals surface area contributed by atoms with E-state index in [0.29, 0.717) is 44.1 Å². The number of H-pyrrole nitrogens is 1. The van der Waals surface area contributed by atoms with Gasteiger partial charge in [-0.1, -0.05) is 19.8 Å². The Hall–Kier alpha value is -2.22. The summed E-state index contributed by atoms with van der Waals surface area (Å²) in [6, 6.07) is 0. The van der Waals surface area contributed by atoms with Gasteiger partial charge >= 0.3 is 0 Å². The summed E-state index contributed by atoms with van der Waals surface area (Å²) in [6.07, 6.45) is 7.08. The van der Waals surface area contributed by atoms with Crippen molar-refractivity contribution >= 4 is 23.2 Å². The van der Waals surface area contributed by atoms with E-state index in [1.807, 2.05) is 10.3 Å². The molecule has 2 aliphatic rings. The predicted molar refractivity (Wildman–Crippen MR) is 107 cm³/mol. The molecule has 2 amide bonds. The number of aromatic amines is 1. The maximum atomic E-state index is 12.6. The molecule has 0 saturated heterocycles. The molecule has 3 heterocycles. The lowest BCUT2D eigenvalue weighted by Gasteiger charge is -2.28. The number of nitrogens with one attached hydrogen (secondary N) is 2. The highest BCUT2D eigenvalue weighted by Crippen LogP contribution is 2.29. The lowest BCUT2D eigenvalue weighted by molar-refractivity contribution is -0.133. The summed E-state index contributed by atoms with van der Waals surface area (Å²) < 4.78 is 0. The molecule has 7 nitrogen and oxygen atoms in total. The molecule has 1 fully saturated rings. The molecule has 2 aromatic rings. The fourth-order valence-electron chi connectivity index (χ4n) is 4.14. The largest absolute Gasteiger partial charge is 0.344 e. The first-order chi connectivity index (χ1) is 13.6. The molecule has 28 heavy (non-hydrogen) atoms. The van der Waals surface area contributed by atoms with Crippen molar-refractivity contribution in [1.82, 2.24) is 25.4 Å². The van der Waals surface area contributed by atoms with E-state index in [2.05, 4.69) is 27.4 Å². The summed E-state index contributed by atoms with van der Waals surface area (Å²) >= 11 is 1.56. The van der Waals surface area contributed by atoms with Crippen molar-refractivity contribution in [2.24, 2.45) is 5.92 Å². The molecule has 1 aliphatic carbocycles. The molecule has 150 valence electrons. The minimum Gasteiger partial charge on any atom is -0.344 e. The van der Waals surface area contributed by atoms with Crippen LogP contribution in [0.25, 0.3) is 0 Å². The maximum Gasteiger partial charge on any atom is 0.272 e. The first-order valence-corrected chi connectivity index (χ1v) is 11.1. The number of hydrogen-bond donors (Lipinski definition) is 2. The van der Waals surface area contributed by atoms with Crippen molar-refractivity contribution in [3.63, 3.8) is 0 Å². The lowest BCUT2D eigenvalue weighted by Crippen LogP contribution is -2.37. The lowest BCUT2D eigenvalue weighted by atomic mass is 10.0. The zero-order valence-electron chi connectivity index (χ0n) is 16.3. The monoisotopic (exact) mass is 401 g/mol. The molecule has 2 aromatic heterocycles. The number of hydrogen-bond acceptors (Lipinski definition) is 5. The molecule has 8 heteroatoms. The molecule has 0 spiro atoms. The van der Waals surface area contributed by atoms with Crippen LogP contribution in [0.1, 0.15) is 71.5 Å². The Bertz CT molecular complexity index is 853. The standard InChI is InChI=1S/C20H27N5O2S/c1-2-14-12-28-17(22-14)10-21-20(27)19-15-7-8-25(11-16(15)23-24-19)18(26)9-13-5-3-4-6-13/h12-13H,2-11H2,1H3,(H,21,27)(H,23,24).